The molecule has 0 spiro atoms. The van der Waals surface area contributed by atoms with Crippen LogP contribution in [0, 0.1) is 0 Å². The quantitative estimate of drug-likeness (QED) is 0.707. The summed E-state index contributed by atoms with van der Waals surface area (Å²) in [5.41, 5.74) is 2.46. The molecular formula is C20H30N2O3. The van der Waals surface area contributed by atoms with Gasteiger partial charge in [-0.15, -0.1) is 0 Å². The Kier molecular flexibility index (Phi) is 6.84. The zero-order valence-corrected chi connectivity index (χ0v) is 15.0. The molecule has 1 fully saturated rings. The third-order valence-electron chi connectivity index (χ3n) is 5.37. The fraction of sp³-hybridized carbons (Fsp3) is 0.650. The maximum absolute atomic E-state index is 12.2. The van der Waals surface area contributed by atoms with Crippen molar-refractivity contribution in [1.82, 2.24) is 10.2 Å². The Morgan fingerprint density at radius 1 is 1.32 bits per heavy atom. The zero-order valence-electron chi connectivity index (χ0n) is 15.0. The van der Waals surface area contributed by atoms with Gasteiger partial charge < -0.3 is 15.2 Å². The summed E-state index contributed by atoms with van der Waals surface area (Å²) in [6.07, 6.45) is 5.54. The van der Waals surface area contributed by atoms with E-state index in [1.807, 2.05) is 12.1 Å². The van der Waals surface area contributed by atoms with Gasteiger partial charge in [-0.1, -0.05) is 24.3 Å². The average Bonchev–Trinajstić information content (AvgIpc) is 3.09. The molecule has 1 aromatic rings. The third-order valence-corrected chi connectivity index (χ3v) is 5.37. The summed E-state index contributed by atoms with van der Waals surface area (Å²) in [6.45, 7) is 3.78. The predicted molar refractivity (Wildman–Crippen MR) is 97.4 cm³/mol. The Morgan fingerprint density at radius 3 is 3.08 bits per heavy atom. The van der Waals surface area contributed by atoms with Crippen molar-refractivity contribution in [2.45, 2.75) is 50.7 Å². The molecule has 2 N–H and O–H groups in total. The number of ether oxygens (including phenoxy) is 1. The zero-order chi connectivity index (χ0) is 17.5. The first-order valence-electron chi connectivity index (χ1n) is 9.59. The van der Waals surface area contributed by atoms with Gasteiger partial charge in [-0.25, -0.2) is 0 Å². The smallest absolute Gasteiger partial charge is 0.222 e. The van der Waals surface area contributed by atoms with Crippen LogP contribution in [0.2, 0.25) is 0 Å². The number of aliphatic hydroxyl groups is 1. The summed E-state index contributed by atoms with van der Waals surface area (Å²) < 4.78 is 5.80. The van der Waals surface area contributed by atoms with E-state index in [-0.39, 0.29) is 18.6 Å². The summed E-state index contributed by atoms with van der Waals surface area (Å²) in [6, 6.07) is 8.60. The molecule has 1 aromatic carbocycles. The minimum atomic E-state index is -0.111. The first-order chi connectivity index (χ1) is 12.3. The number of unbranched alkanes of at least 4 members (excludes halogenated alkanes) is 1. The van der Waals surface area contributed by atoms with Gasteiger partial charge in [-0.05, 0) is 56.3 Å². The lowest BCUT2D eigenvalue weighted by molar-refractivity contribution is -0.124. The van der Waals surface area contributed by atoms with E-state index in [1.54, 1.807) is 0 Å². The van der Waals surface area contributed by atoms with E-state index in [0.717, 1.165) is 44.3 Å². The van der Waals surface area contributed by atoms with Gasteiger partial charge in [0.1, 0.15) is 0 Å². The SMILES string of the molecule is O=C(CC1OCCc2ccccc21)NCCCCN1CCCC1CO. The number of amides is 1. The molecule has 5 nitrogen and oxygen atoms in total. The molecule has 1 saturated heterocycles. The van der Waals surface area contributed by atoms with Gasteiger partial charge >= 0.3 is 0 Å². The average molecular weight is 346 g/mol. The number of nitrogens with zero attached hydrogens (tertiary/aromatic N) is 1. The molecule has 0 bridgehead atoms. The van der Waals surface area contributed by atoms with Gasteiger partial charge in [0.25, 0.3) is 0 Å². The summed E-state index contributed by atoms with van der Waals surface area (Å²) >= 11 is 0. The first-order valence-corrected chi connectivity index (χ1v) is 9.59. The number of carbonyl (C=O) groups is 1. The lowest BCUT2D eigenvalue weighted by atomic mass is 9.95. The number of hydrogen-bond donors (Lipinski definition) is 2. The largest absolute Gasteiger partial charge is 0.395 e. The van der Waals surface area contributed by atoms with E-state index in [4.69, 9.17) is 4.74 Å². The van der Waals surface area contributed by atoms with Crippen molar-refractivity contribution >= 4 is 5.91 Å². The van der Waals surface area contributed by atoms with Crippen molar-refractivity contribution in [3.63, 3.8) is 0 Å². The molecule has 0 radical (unpaired) electrons. The number of likely N-dealkylation sites (tertiary alicyclic amines) is 1. The van der Waals surface area contributed by atoms with Crippen LogP contribution in [0.4, 0.5) is 0 Å². The second-order valence-electron chi connectivity index (χ2n) is 7.08. The van der Waals surface area contributed by atoms with Gasteiger partial charge in [0.05, 0.1) is 25.7 Å². The highest BCUT2D eigenvalue weighted by atomic mass is 16.5. The molecular weight excluding hydrogens is 316 g/mol. The Morgan fingerprint density at radius 2 is 2.20 bits per heavy atom. The van der Waals surface area contributed by atoms with E-state index in [1.165, 1.54) is 12.0 Å². The molecule has 2 unspecified atom stereocenters. The second-order valence-corrected chi connectivity index (χ2v) is 7.08. The number of aliphatic hydroxyl groups excluding tert-OH is 1. The molecule has 138 valence electrons. The molecule has 2 atom stereocenters. The lowest BCUT2D eigenvalue weighted by Crippen LogP contribution is -2.33. The molecule has 0 aromatic heterocycles. The monoisotopic (exact) mass is 346 g/mol. The first kappa shape index (κ1) is 18.4. The molecule has 3 rings (SSSR count). The van der Waals surface area contributed by atoms with Crippen molar-refractivity contribution < 1.29 is 14.6 Å². The van der Waals surface area contributed by atoms with Crippen LogP contribution in [0.5, 0.6) is 0 Å². The molecule has 25 heavy (non-hydrogen) atoms. The molecule has 0 saturated carbocycles. The molecule has 5 heteroatoms. The van der Waals surface area contributed by atoms with Crippen molar-refractivity contribution in [3.8, 4) is 0 Å². The minimum Gasteiger partial charge on any atom is -0.395 e. The van der Waals surface area contributed by atoms with E-state index in [9.17, 15) is 9.90 Å². The van der Waals surface area contributed by atoms with Crippen LogP contribution in [0.3, 0.4) is 0 Å². The third kappa shape index (κ3) is 5.03. The maximum atomic E-state index is 12.2. The Balaban J connectivity index is 1.34. The van der Waals surface area contributed by atoms with Gasteiger partial charge in [0.2, 0.25) is 5.91 Å². The number of carbonyl (C=O) groups excluding carboxylic acids is 1. The Labute approximate surface area is 150 Å². The van der Waals surface area contributed by atoms with Crippen LogP contribution in [0.1, 0.15) is 49.3 Å². The fourth-order valence-corrected chi connectivity index (χ4v) is 3.95. The van der Waals surface area contributed by atoms with E-state index >= 15 is 0 Å². The van der Waals surface area contributed by atoms with E-state index < -0.39 is 0 Å². The van der Waals surface area contributed by atoms with Gasteiger partial charge in [0.15, 0.2) is 0 Å². The summed E-state index contributed by atoms with van der Waals surface area (Å²) in [4.78, 5) is 14.6. The maximum Gasteiger partial charge on any atom is 0.222 e. The summed E-state index contributed by atoms with van der Waals surface area (Å²) in [7, 11) is 0. The Hall–Kier alpha value is -1.43. The highest BCUT2D eigenvalue weighted by molar-refractivity contribution is 5.76. The standard InChI is InChI=1S/C20H30N2O3/c23-15-17-7-5-12-22(17)11-4-3-10-21-20(24)14-19-18-8-2-1-6-16(18)9-13-25-19/h1-2,6,8,17,19,23H,3-5,7,9-15H2,(H,21,24). The fourth-order valence-electron chi connectivity index (χ4n) is 3.95. The van der Waals surface area contributed by atoms with Crippen LogP contribution >= 0.6 is 0 Å². The normalized spacial score (nSPS) is 23.4. The molecule has 2 aliphatic rings. The summed E-state index contributed by atoms with van der Waals surface area (Å²) in [5, 5.41) is 12.4. The van der Waals surface area contributed by atoms with Gasteiger partial charge in [-0.2, -0.15) is 0 Å². The van der Waals surface area contributed by atoms with E-state index in [2.05, 4.69) is 22.3 Å². The topological polar surface area (TPSA) is 61.8 Å². The summed E-state index contributed by atoms with van der Waals surface area (Å²) in [5.74, 6) is 0.0658. The second kappa shape index (κ2) is 9.32. The van der Waals surface area contributed by atoms with Crippen LogP contribution in [0.15, 0.2) is 24.3 Å². The molecule has 2 heterocycles. The predicted octanol–water partition coefficient (Wildman–Crippen LogP) is 2.04. The number of nitrogens with one attached hydrogen (secondary N) is 1. The number of hydrogen-bond acceptors (Lipinski definition) is 4. The van der Waals surface area contributed by atoms with Crippen LogP contribution in [-0.4, -0.2) is 54.8 Å². The van der Waals surface area contributed by atoms with Crippen molar-refractivity contribution in [2.75, 3.05) is 32.8 Å². The highest BCUT2D eigenvalue weighted by Crippen LogP contribution is 2.29. The number of fused-ring (bicyclic) bond motifs is 1. The van der Waals surface area contributed by atoms with Gasteiger partial charge in [-0.3, -0.25) is 9.69 Å². The van der Waals surface area contributed by atoms with Crippen molar-refractivity contribution in [3.05, 3.63) is 35.4 Å². The molecule has 1 amide bonds. The van der Waals surface area contributed by atoms with Crippen molar-refractivity contribution in [2.24, 2.45) is 0 Å². The lowest BCUT2D eigenvalue weighted by Gasteiger charge is -2.25. The number of rotatable bonds is 8. The van der Waals surface area contributed by atoms with Crippen LogP contribution < -0.4 is 5.32 Å². The van der Waals surface area contributed by atoms with Crippen LogP contribution in [0.25, 0.3) is 0 Å². The Bertz CT molecular complexity index is 564. The molecule has 2 aliphatic heterocycles. The minimum absolute atomic E-state index is 0.0658. The highest BCUT2D eigenvalue weighted by Gasteiger charge is 2.24. The van der Waals surface area contributed by atoms with E-state index in [0.29, 0.717) is 25.6 Å². The molecule has 0 aliphatic carbocycles. The van der Waals surface area contributed by atoms with Crippen LogP contribution in [-0.2, 0) is 16.0 Å². The number of benzene rings is 1. The van der Waals surface area contributed by atoms with Crippen molar-refractivity contribution in [1.29, 1.82) is 0 Å². The van der Waals surface area contributed by atoms with Gasteiger partial charge in [0, 0.05) is 12.6 Å².